The van der Waals surface area contributed by atoms with Crippen molar-refractivity contribution in [3.63, 3.8) is 0 Å². The van der Waals surface area contributed by atoms with Crippen LogP contribution in [0.5, 0.6) is 0 Å². The maximum absolute atomic E-state index is 12.7. The third kappa shape index (κ3) is 3.70. The molecule has 5 heteroatoms. The summed E-state index contributed by atoms with van der Waals surface area (Å²) in [5.74, 6) is 0.0149. The van der Waals surface area contributed by atoms with E-state index in [0.29, 0.717) is 6.54 Å². The molecule has 138 valence electrons. The van der Waals surface area contributed by atoms with Gasteiger partial charge in [-0.2, -0.15) is 0 Å². The summed E-state index contributed by atoms with van der Waals surface area (Å²) in [6.45, 7) is 2.96. The number of nitrogens with one attached hydrogen (secondary N) is 1. The van der Waals surface area contributed by atoms with Crippen LogP contribution in [0, 0.1) is 0 Å². The summed E-state index contributed by atoms with van der Waals surface area (Å²) in [4.78, 5) is 14.6. The van der Waals surface area contributed by atoms with Crippen molar-refractivity contribution in [1.82, 2.24) is 5.32 Å². The Balaban J connectivity index is 1.45. The van der Waals surface area contributed by atoms with E-state index in [2.05, 4.69) is 29.6 Å². The minimum atomic E-state index is -0.0379. The smallest absolute Gasteiger partial charge is 0.261 e. The molecular weight excluding hydrogens is 346 g/mol. The van der Waals surface area contributed by atoms with Gasteiger partial charge in [-0.05, 0) is 43.4 Å². The van der Waals surface area contributed by atoms with Gasteiger partial charge in [-0.1, -0.05) is 30.3 Å². The van der Waals surface area contributed by atoms with Crippen LogP contribution in [0.15, 0.2) is 42.5 Å². The Kier molecular flexibility index (Phi) is 5.38. The second-order valence-electron chi connectivity index (χ2n) is 7.15. The molecule has 1 N–H and O–H groups in total. The van der Waals surface area contributed by atoms with Crippen molar-refractivity contribution >= 4 is 17.2 Å². The molecule has 0 saturated carbocycles. The highest BCUT2D eigenvalue weighted by Gasteiger charge is 2.35. The molecule has 3 heterocycles. The Morgan fingerprint density at radius 3 is 2.65 bits per heavy atom. The predicted molar refractivity (Wildman–Crippen MR) is 103 cm³/mol. The lowest BCUT2D eigenvalue weighted by Gasteiger charge is -2.37. The molecule has 4 rings (SSSR count). The van der Waals surface area contributed by atoms with Gasteiger partial charge in [0, 0.05) is 36.7 Å². The fourth-order valence-electron chi connectivity index (χ4n) is 3.91. The highest BCUT2D eigenvalue weighted by molar-refractivity contribution is 7.14. The minimum absolute atomic E-state index is 0.0149. The van der Waals surface area contributed by atoms with Gasteiger partial charge in [-0.15, -0.1) is 11.3 Å². The van der Waals surface area contributed by atoms with Crippen LogP contribution in [0.4, 0.5) is 0 Å². The molecule has 2 aliphatic rings. The van der Waals surface area contributed by atoms with Crippen molar-refractivity contribution in [3.05, 3.63) is 57.8 Å². The average molecular weight is 372 g/mol. The van der Waals surface area contributed by atoms with Crippen molar-refractivity contribution in [2.45, 2.75) is 37.2 Å². The zero-order valence-electron chi connectivity index (χ0n) is 14.9. The van der Waals surface area contributed by atoms with Gasteiger partial charge in [0.2, 0.25) is 0 Å². The average Bonchev–Trinajstić information content (AvgIpc) is 3.39. The van der Waals surface area contributed by atoms with E-state index in [1.54, 1.807) is 11.3 Å². The quantitative estimate of drug-likeness (QED) is 0.862. The summed E-state index contributed by atoms with van der Waals surface area (Å²) in [7, 11) is 0. The number of benzene rings is 1. The number of rotatable bonds is 5. The van der Waals surface area contributed by atoms with Crippen LogP contribution < -0.4 is 5.32 Å². The molecule has 26 heavy (non-hydrogen) atoms. The molecule has 0 bridgehead atoms. The zero-order valence-corrected chi connectivity index (χ0v) is 15.7. The van der Waals surface area contributed by atoms with E-state index in [1.807, 2.05) is 18.2 Å². The number of hydrogen-bond donors (Lipinski definition) is 1. The Labute approximate surface area is 158 Å². The van der Waals surface area contributed by atoms with E-state index >= 15 is 0 Å². The van der Waals surface area contributed by atoms with Crippen molar-refractivity contribution in [1.29, 1.82) is 0 Å². The number of amides is 1. The van der Waals surface area contributed by atoms with E-state index in [4.69, 9.17) is 9.47 Å². The topological polar surface area (TPSA) is 47.6 Å². The summed E-state index contributed by atoms with van der Waals surface area (Å²) < 4.78 is 11.3. The van der Waals surface area contributed by atoms with Gasteiger partial charge in [-0.25, -0.2) is 0 Å². The van der Waals surface area contributed by atoms with E-state index in [1.165, 1.54) is 5.56 Å². The molecule has 0 spiro atoms. The maximum atomic E-state index is 12.7. The Bertz CT molecular complexity index is 731. The van der Waals surface area contributed by atoms with Crippen molar-refractivity contribution in [2.24, 2.45) is 0 Å². The van der Waals surface area contributed by atoms with Gasteiger partial charge >= 0.3 is 0 Å². The van der Waals surface area contributed by atoms with Gasteiger partial charge in [0.05, 0.1) is 11.0 Å². The number of thiophene rings is 1. The van der Waals surface area contributed by atoms with E-state index < -0.39 is 0 Å². The number of hydrogen-bond acceptors (Lipinski definition) is 4. The van der Waals surface area contributed by atoms with Gasteiger partial charge < -0.3 is 14.8 Å². The van der Waals surface area contributed by atoms with Gasteiger partial charge in [0.25, 0.3) is 5.91 Å². The molecule has 2 fully saturated rings. The van der Waals surface area contributed by atoms with E-state index in [0.717, 1.165) is 55.3 Å². The summed E-state index contributed by atoms with van der Waals surface area (Å²) in [6, 6.07) is 14.5. The second kappa shape index (κ2) is 7.91. The van der Waals surface area contributed by atoms with Gasteiger partial charge in [0.1, 0.15) is 0 Å². The molecule has 4 nitrogen and oxygen atoms in total. The highest BCUT2D eigenvalue weighted by Crippen LogP contribution is 2.35. The highest BCUT2D eigenvalue weighted by atomic mass is 32.1. The molecule has 1 aromatic heterocycles. The summed E-state index contributed by atoms with van der Waals surface area (Å²) in [6.07, 6.45) is 4.20. The summed E-state index contributed by atoms with van der Waals surface area (Å²) in [5.41, 5.74) is 1.25. The SMILES string of the molecule is O=C(NCC1(c2ccccc2)CCOCC1)c1ccc([C@@H]2CCCO2)s1. The Morgan fingerprint density at radius 2 is 1.92 bits per heavy atom. The lowest BCUT2D eigenvalue weighted by Crippen LogP contribution is -2.44. The Morgan fingerprint density at radius 1 is 1.12 bits per heavy atom. The van der Waals surface area contributed by atoms with Crippen LogP contribution in [0.1, 0.15) is 51.9 Å². The van der Waals surface area contributed by atoms with Gasteiger partial charge in [0.15, 0.2) is 0 Å². The molecule has 1 atom stereocenters. The first-order valence-corrected chi connectivity index (χ1v) is 10.2. The minimum Gasteiger partial charge on any atom is -0.381 e. The first-order valence-electron chi connectivity index (χ1n) is 9.40. The molecule has 1 aromatic carbocycles. The monoisotopic (exact) mass is 371 g/mol. The predicted octanol–water partition coefficient (Wildman–Crippen LogP) is 4.08. The van der Waals surface area contributed by atoms with Crippen molar-refractivity contribution in [2.75, 3.05) is 26.4 Å². The van der Waals surface area contributed by atoms with Crippen molar-refractivity contribution < 1.29 is 14.3 Å². The number of carbonyl (C=O) groups is 1. The molecule has 2 aromatic rings. The molecule has 1 amide bonds. The molecule has 0 radical (unpaired) electrons. The molecule has 0 unspecified atom stereocenters. The first-order chi connectivity index (χ1) is 12.8. The maximum Gasteiger partial charge on any atom is 0.261 e. The lowest BCUT2D eigenvalue weighted by atomic mass is 9.74. The number of ether oxygens (including phenoxy) is 2. The molecule has 2 aliphatic heterocycles. The van der Waals surface area contributed by atoms with Crippen molar-refractivity contribution in [3.8, 4) is 0 Å². The van der Waals surface area contributed by atoms with Crippen LogP contribution in [0.2, 0.25) is 0 Å². The fourth-order valence-corrected chi connectivity index (χ4v) is 4.92. The Hall–Kier alpha value is -1.69. The zero-order chi connectivity index (χ0) is 17.8. The first kappa shape index (κ1) is 17.7. The fraction of sp³-hybridized carbons (Fsp3) is 0.476. The van der Waals surface area contributed by atoms with E-state index in [-0.39, 0.29) is 17.4 Å². The summed E-state index contributed by atoms with van der Waals surface area (Å²) >= 11 is 1.56. The molecule has 2 saturated heterocycles. The molecular formula is C21H25NO3S. The van der Waals surface area contributed by atoms with Crippen LogP contribution in [0.25, 0.3) is 0 Å². The largest absolute Gasteiger partial charge is 0.381 e. The van der Waals surface area contributed by atoms with Crippen LogP contribution in [-0.2, 0) is 14.9 Å². The molecule has 0 aliphatic carbocycles. The van der Waals surface area contributed by atoms with Crippen LogP contribution in [-0.4, -0.2) is 32.3 Å². The number of carbonyl (C=O) groups excluding carboxylic acids is 1. The second-order valence-corrected chi connectivity index (χ2v) is 8.26. The third-order valence-corrected chi connectivity index (χ3v) is 6.70. The van der Waals surface area contributed by atoms with Gasteiger partial charge in [-0.3, -0.25) is 4.79 Å². The van der Waals surface area contributed by atoms with Crippen LogP contribution >= 0.6 is 11.3 Å². The lowest BCUT2D eigenvalue weighted by molar-refractivity contribution is 0.0487. The normalized spacial score (nSPS) is 22.2. The van der Waals surface area contributed by atoms with E-state index in [9.17, 15) is 4.79 Å². The van der Waals surface area contributed by atoms with Crippen LogP contribution in [0.3, 0.4) is 0 Å². The summed E-state index contributed by atoms with van der Waals surface area (Å²) in [5, 5.41) is 3.19. The third-order valence-electron chi connectivity index (χ3n) is 5.52. The standard InChI is InChI=1S/C21H25NO3S/c23-20(19-9-8-18(26-19)17-7-4-12-25-17)22-15-21(10-13-24-14-11-21)16-5-2-1-3-6-16/h1-3,5-6,8-9,17H,4,7,10-15H2,(H,22,23)/t17-/m0/s1.